The van der Waals surface area contributed by atoms with Crippen LogP contribution in [0.1, 0.15) is 51.9 Å². The van der Waals surface area contributed by atoms with Crippen molar-refractivity contribution in [2.24, 2.45) is 0 Å². The molecule has 0 saturated carbocycles. The molecule has 0 unspecified atom stereocenters. The number of esters is 1. The molecule has 2 N–H and O–H groups in total. The lowest BCUT2D eigenvalue weighted by Crippen LogP contribution is -2.51. The highest BCUT2D eigenvalue weighted by Gasteiger charge is 2.28. The summed E-state index contributed by atoms with van der Waals surface area (Å²) in [5.74, 6) is -0.543. The number of piperazine rings is 1. The number of unbranched alkanes of at least 4 members (excludes halogenated alkanes) is 1. The zero-order valence-electron chi connectivity index (χ0n) is 16.7. The molecule has 8 nitrogen and oxygen atoms in total. The highest BCUT2D eigenvalue weighted by molar-refractivity contribution is 6.00. The van der Waals surface area contributed by atoms with E-state index in [1.807, 2.05) is 0 Å². The summed E-state index contributed by atoms with van der Waals surface area (Å²) >= 11 is 0. The van der Waals surface area contributed by atoms with Gasteiger partial charge in [-0.2, -0.15) is 0 Å². The molecule has 1 aromatic heterocycles. The molecule has 1 aliphatic rings. The molecular weight excluding hydrogens is 348 g/mol. The average Bonchev–Trinajstić information content (AvgIpc) is 2.95. The lowest BCUT2D eigenvalue weighted by Gasteiger charge is -2.34. The fraction of sp³-hybridized carbons (Fsp3) is 0.632. The lowest BCUT2D eigenvalue weighted by atomic mass is 10.1. The Morgan fingerprint density at radius 2 is 1.81 bits per heavy atom. The molecule has 1 aromatic rings. The zero-order valence-corrected chi connectivity index (χ0v) is 16.7. The Kier molecular flexibility index (Phi) is 7.41. The van der Waals surface area contributed by atoms with Crippen molar-refractivity contribution in [3.05, 3.63) is 22.5 Å². The minimum absolute atomic E-state index is 0.0294. The number of aromatic amines is 1. The standard InChI is InChI=1S/C19H30N4O4/c1-5-6-7-20-15(24)12-22-8-10-23(11-9-22)18(25)17-13(2)16(14(3)21-17)19(26)27-4/h21H,5-12H2,1-4H3,(H,20,24). The van der Waals surface area contributed by atoms with Crippen LogP contribution in [0.2, 0.25) is 0 Å². The van der Waals surface area contributed by atoms with Crippen LogP contribution in [-0.2, 0) is 9.53 Å². The smallest absolute Gasteiger partial charge is 0.339 e. The normalized spacial score (nSPS) is 14.9. The maximum atomic E-state index is 12.8. The number of hydrogen-bond acceptors (Lipinski definition) is 5. The molecule has 0 radical (unpaired) electrons. The van der Waals surface area contributed by atoms with E-state index in [-0.39, 0.29) is 11.8 Å². The number of nitrogens with zero attached hydrogens (tertiary/aromatic N) is 2. The summed E-state index contributed by atoms with van der Waals surface area (Å²) in [6.45, 7) is 9.05. The van der Waals surface area contributed by atoms with E-state index in [0.29, 0.717) is 61.8 Å². The summed E-state index contributed by atoms with van der Waals surface area (Å²) in [7, 11) is 1.33. The predicted octanol–water partition coefficient (Wildman–Crippen LogP) is 1.09. The number of carbonyl (C=O) groups is 3. The maximum absolute atomic E-state index is 12.8. The van der Waals surface area contributed by atoms with Gasteiger partial charge in [0.2, 0.25) is 5.91 Å². The number of methoxy groups -OCH3 is 1. The summed E-state index contributed by atoms with van der Waals surface area (Å²) in [5.41, 5.74) is 2.09. The minimum Gasteiger partial charge on any atom is -0.465 e. The van der Waals surface area contributed by atoms with Gasteiger partial charge in [0.05, 0.1) is 19.2 Å². The molecule has 0 spiro atoms. The van der Waals surface area contributed by atoms with Crippen LogP contribution >= 0.6 is 0 Å². The van der Waals surface area contributed by atoms with Gasteiger partial charge in [0.1, 0.15) is 5.69 Å². The summed E-state index contributed by atoms with van der Waals surface area (Å²) in [4.78, 5) is 43.5. The highest BCUT2D eigenvalue weighted by Crippen LogP contribution is 2.20. The van der Waals surface area contributed by atoms with Gasteiger partial charge in [0.25, 0.3) is 5.91 Å². The molecule has 8 heteroatoms. The van der Waals surface area contributed by atoms with E-state index >= 15 is 0 Å². The molecule has 2 rings (SSSR count). The molecule has 0 atom stereocenters. The second-order valence-corrected chi connectivity index (χ2v) is 6.89. The maximum Gasteiger partial charge on any atom is 0.339 e. The summed E-state index contributed by atoms with van der Waals surface area (Å²) in [5, 5.41) is 2.91. The molecule has 2 amide bonds. The zero-order chi connectivity index (χ0) is 20.0. The van der Waals surface area contributed by atoms with Gasteiger partial charge >= 0.3 is 5.97 Å². The van der Waals surface area contributed by atoms with E-state index in [9.17, 15) is 14.4 Å². The molecule has 0 aliphatic carbocycles. The molecular formula is C19H30N4O4. The van der Waals surface area contributed by atoms with Crippen LogP contribution in [0.3, 0.4) is 0 Å². The van der Waals surface area contributed by atoms with Crippen molar-refractivity contribution in [2.45, 2.75) is 33.6 Å². The Balaban J connectivity index is 1.92. The number of aryl methyl sites for hydroxylation is 1. The summed E-state index contributed by atoms with van der Waals surface area (Å²) in [6.07, 6.45) is 2.03. The van der Waals surface area contributed by atoms with Gasteiger partial charge in [-0.3, -0.25) is 14.5 Å². The van der Waals surface area contributed by atoms with Gasteiger partial charge in [0, 0.05) is 38.4 Å². The van der Waals surface area contributed by atoms with Crippen molar-refractivity contribution in [3.63, 3.8) is 0 Å². The second-order valence-electron chi connectivity index (χ2n) is 6.89. The second kappa shape index (κ2) is 9.55. The van der Waals surface area contributed by atoms with Gasteiger partial charge in [-0.05, 0) is 25.8 Å². The number of carbonyl (C=O) groups excluding carboxylic acids is 3. The number of aromatic nitrogens is 1. The number of nitrogens with one attached hydrogen (secondary N) is 2. The van der Waals surface area contributed by atoms with Crippen molar-refractivity contribution in [1.82, 2.24) is 20.1 Å². The van der Waals surface area contributed by atoms with Crippen LogP contribution in [-0.4, -0.2) is 78.9 Å². The third-order valence-electron chi connectivity index (χ3n) is 4.92. The van der Waals surface area contributed by atoms with Gasteiger partial charge in [-0.25, -0.2) is 4.79 Å². The van der Waals surface area contributed by atoms with E-state index in [2.05, 4.69) is 22.1 Å². The van der Waals surface area contributed by atoms with Crippen LogP contribution < -0.4 is 5.32 Å². The number of H-pyrrole nitrogens is 1. The molecule has 150 valence electrons. The summed E-state index contributed by atoms with van der Waals surface area (Å²) < 4.78 is 4.79. The Labute approximate surface area is 160 Å². The first-order valence-electron chi connectivity index (χ1n) is 9.44. The monoisotopic (exact) mass is 378 g/mol. The molecule has 0 bridgehead atoms. The van der Waals surface area contributed by atoms with E-state index < -0.39 is 5.97 Å². The van der Waals surface area contributed by atoms with Gasteiger partial charge in [0.15, 0.2) is 0 Å². The van der Waals surface area contributed by atoms with E-state index in [4.69, 9.17) is 4.74 Å². The molecule has 1 aliphatic heterocycles. The summed E-state index contributed by atoms with van der Waals surface area (Å²) in [6, 6.07) is 0. The Morgan fingerprint density at radius 3 is 2.41 bits per heavy atom. The largest absolute Gasteiger partial charge is 0.465 e. The first kappa shape index (κ1) is 21.0. The van der Waals surface area contributed by atoms with Crippen LogP contribution in [0.5, 0.6) is 0 Å². The van der Waals surface area contributed by atoms with E-state index in [1.54, 1.807) is 18.7 Å². The van der Waals surface area contributed by atoms with Gasteiger partial charge < -0.3 is 19.9 Å². The number of ether oxygens (including phenoxy) is 1. The first-order valence-corrected chi connectivity index (χ1v) is 9.44. The Morgan fingerprint density at radius 1 is 1.15 bits per heavy atom. The SMILES string of the molecule is CCCCNC(=O)CN1CCN(C(=O)c2[nH]c(C)c(C(=O)OC)c2C)CC1. The lowest BCUT2D eigenvalue weighted by molar-refractivity contribution is -0.122. The average molecular weight is 378 g/mol. The molecule has 1 fully saturated rings. The van der Waals surface area contributed by atoms with Crippen LogP contribution in [0.25, 0.3) is 0 Å². The minimum atomic E-state index is -0.445. The Bertz CT molecular complexity index is 690. The number of hydrogen-bond donors (Lipinski definition) is 2. The highest BCUT2D eigenvalue weighted by atomic mass is 16.5. The molecule has 2 heterocycles. The van der Waals surface area contributed by atoms with Crippen molar-refractivity contribution >= 4 is 17.8 Å². The van der Waals surface area contributed by atoms with Crippen LogP contribution in [0, 0.1) is 13.8 Å². The van der Waals surface area contributed by atoms with E-state index in [1.165, 1.54) is 7.11 Å². The quantitative estimate of drug-likeness (QED) is 0.547. The van der Waals surface area contributed by atoms with Crippen molar-refractivity contribution in [2.75, 3.05) is 46.4 Å². The van der Waals surface area contributed by atoms with E-state index in [0.717, 1.165) is 12.8 Å². The van der Waals surface area contributed by atoms with Gasteiger partial charge in [-0.1, -0.05) is 13.3 Å². The number of amides is 2. The first-order chi connectivity index (χ1) is 12.9. The van der Waals surface area contributed by atoms with Crippen LogP contribution in [0.15, 0.2) is 0 Å². The van der Waals surface area contributed by atoms with Crippen molar-refractivity contribution < 1.29 is 19.1 Å². The molecule has 0 aromatic carbocycles. The Hall–Kier alpha value is -2.35. The third kappa shape index (κ3) is 5.09. The van der Waals surface area contributed by atoms with Crippen molar-refractivity contribution in [1.29, 1.82) is 0 Å². The third-order valence-corrected chi connectivity index (χ3v) is 4.92. The fourth-order valence-corrected chi connectivity index (χ4v) is 3.30. The molecule has 27 heavy (non-hydrogen) atoms. The fourth-order valence-electron chi connectivity index (χ4n) is 3.30. The predicted molar refractivity (Wildman–Crippen MR) is 102 cm³/mol. The molecule has 1 saturated heterocycles. The van der Waals surface area contributed by atoms with Crippen molar-refractivity contribution in [3.8, 4) is 0 Å². The van der Waals surface area contributed by atoms with Crippen LogP contribution in [0.4, 0.5) is 0 Å². The number of rotatable bonds is 7. The van der Waals surface area contributed by atoms with Gasteiger partial charge in [-0.15, -0.1) is 0 Å². The topological polar surface area (TPSA) is 94.7 Å².